The van der Waals surface area contributed by atoms with Crippen molar-refractivity contribution in [1.29, 1.82) is 0 Å². The van der Waals surface area contributed by atoms with Gasteiger partial charge in [-0.05, 0) is 31.4 Å². The van der Waals surface area contributed by atoms with E-state index in [-0.39, 0.29) is 5.75 Å². The van der Waals surface area contributed by atoms with E-state index in [9.17, 15) is 0 Å². The first-order valence-corrected chi connectivity index (χ1v) is 5.34. The largest absolute Gasteiger partial charge is 0.508 e. The molecule has 0 aliphatic rings. The molecular formula is C11H15ClO2. The number of hydrogen-bond donors (Lipinski definition) is 1. The van der Waals surface area contributed by atoms with E-state index < -0.39 is 0 Å². The normalized spacial score (nSPS) is 10.1. The highest BCUT2D eigenvalue weighted by atomic mass is 35.5. The van der Waals surface area contributed by atoms with E-state index in [4.69, 9.17) is 21.4 Å². The van der Waals surface area contributed by atoms with Crippen molar-refractivity contribution >= 4 is 11.6 Å². The summed E-state index contributed by atoms with van der Waals surface area (Å²) in [7, 11) is 0. The van der Waals surface area contributed by atoms with Crippen LogP contribution >= 0.6 is 11.6 Å². The number of ether oxygens (including phenoxy) is 1. The minimum absolute atomic E-state index is 0.239. The molecule has 0 bridgehead atoms. The van der Waals surface area contributed by atoms with Crippen molar-refractivity contribution in [1.82, 2.24) is 0 Å². The minimum Gasteiger partial charge on any atom is -0.508 e. The van der Waals surface area contributed by atoms with Gasteiger partial charge in [0, 0.05) is 11.9 Å². The van der Waals surface area contributed by atoms with E-state index in [1.54, 1.807) is 18.2 Å². The number of phenols is 1. The van der Waals surface area contributed by atoms with E-state index in [0.717, 1.165) is 25.0 Å². The van der Waals surface area contributed by atoms with Crippen LogP contribution in [-0.4, -0.2) is 17.6 Å². The molecule has 2 nitrogen and oxygen atoms in total. The third-order valence-electron chi connectivity index (χ3n) is 1.86. The molecule has 3 heteroatoms. The number of benzene rings is 1. The van der Waals surface area contributed by atoms with Gasteiger partial charge in [-0.1, -0.05) is 6.07 Å². The molecule has 0 saturated carbocycles. The molecule has 1 rings (SSSR count). The fraction of sp³-hybridized carbons (Fsp3) is 0.455. The summed E-state index contributed by atoms with van der Waals surface area (Å²) in [6, 6.07) is 6.84. The van der Waals surface area contributed by atoms with Crippen molar-refractivity contribution in [2.45, 2.75) is 19.3 Å². The molecule has 78 valence electrons. The van der Waals surface area contributed by atoms with Gasteiger partial charge >= 0.3 is 0 Å². The van der Waals surface area contributed by atoms with Crippen LogP contribution in [0.1, 0.15) is 19.3 Å². The zero-order valence-electron chi connectivity index (χ0n) is 8.08. The monoisotopic (exact) mass is 214 g/mol. The summed E-state index contributed by atoms with van der Waals surface area (Å²) in [5, 5.41) is 9.16. The van der Waals surface area contributed by atoms with Crippen LogP contribution in [0.25, 0.3) is 0 Å². The van der Waals surface area contributed by atoms with Gasteiger partial charge in [-0.3, -0.25) is 0 Å². The molecule has 0 spiro atoms. The topological polar surface area (TPSA) is 29.5 Å². The van der Waals surface area contributed by atoms with Crippen molar-refractivity contribution in [2.24, 2.45) is 0 Å². The molecule has 1 aromatic carbocycles. The van der Waals surface area contributed by atoms with Crippen LogP contribution in [0.3, 0.4) is 0 Å². The highest BCUT2D eigenvalue weighted by molar-refractivity contribution is 6.17. The predicted molar refractivity (Wildman–Crippen MR) is 58.2 cm³/mol. The van der Waals surface area contributed by atoms with Crippen LogP contribution < -0.4 is 4.74 Å². The van der Waals surface area contributed by atoms with Crippen LogP contribution in [0, 0.1) is 0 Å². The smallest absolute Gasteiger partial charge is 0.122 e. The lowest BCUT2D eigenvalue weighted by molar-refractivity contribution is 0.305. The molecule has 1 N–H and O–H groups in total. The van der Waals surface area contributed by atoms with Crippen molar-refractivity contribution in [3.63, 3.8) is 0 Å². The van der Waals surface area contributed by atoms with Gasteiger partial charge in [0.2, 0.25) is 0 Å². The van der Waals surface area contributed by atoms with Crippen LogP contribution in [0.4, 0.5) is 0 Å². The Bertz CT molecular complexity index is 263. The Kier molecular flexibility index (Phi) is 5.23. The average molecular weight is 215 g/mol. The number of aromatic hydroxyl groups is 1. The van der Waals surface area contributed by atoms with Gasteiger partial charge in [-0.2, -0.15) is 0 Å². The third-order valence-corrected chi connectivity index (χ3v) is 2.13. The predicted octanol–water partition coefficient (Wildman–Crippen LogP) is 3.18. The van der Waals surface area contributed by atoms with Gasteiger partial charge in [0.05, 0.1) is 6.61 Å². The summed E-state index contributed by atoms with van der Waals surface area (Å²) in [6.45, 7) is 0.681. The molecule has 0 heterocycles. The fourth-order valence-electron chi connectivity index (χ4n) is 1.14. The molecule has 14 heavy (non-hydrogen) atoms. The van der Waals surface area contributed by atoms with E-state index >= 15 is 0 Å². The Labute approximate surface area is 89.5 Å². The first-order chi connectivity index (χ1) is 6.83. The number of unbranched alkanes of at least 4 members (excludes halogenated alkanes) is 2. The minimum atomic E-state index is 0.239. The maximum atomic E-state index is 9.16. The zero-order chi connectivity index (χ0) is 10.2. The van der Waals surface area contributed by atoms with Gasteiger partial charge in [0.15, 0.2) is 0 Å². The Morgan fingerprint density at radius 3 is 2.79 bits per heavy atom. The van der Waals surface area contributed by atoms with Crippen LogP contribution in [0.2, 0.25) is 0 Å². The average Bonchev–Trinajstić information content (AvgIpc) is 2.18. The highest BCUT2D eigenvalue weighted by Gasteiger charge is 1.94. The van der Waals surface area contributed by atoms with Gasteiger partial charge in [-0.25, -0.2) is 0 Å². The number of halogens is 1. The van der Waals surface area contributed by atoms with Crippen LogP contribution in [0.15, 0.2) is 24.3 Å². The molecule has 0 saturated heterocycles. The van der Waals surface area contributed by atoms with Crippen molar-refractivity contribution in [3.05, 3.63) is 24.3 Å². The molecular weight excluding hydrogens is 200 g/mol. The molecule has 0 radical (unpaired) electrons. The highest BCUT2D eigenvalue weighted by Crippen LogP contribution is 2.17. The van der Waals surface area contributed by atoms with Gasteiger partial charge in [-0.15, -0.1) is 11.6 Å². The summed E-state index contributed by atoms with van der Waals surface area (Å²) in [4.78, 5) is 0. The quantitative estimate of drug-likeness (QED) is 0.582. The fourth-order valence-corrected chi connectivity index (χ4v) is 1.33. The molecule has 0 amide bonds. The summed E-state index contributed by atoms with van der Waals surface area (Å²) < 4.78 is 5.43. The molecule has 0 atom stereocenters. The van der Waals surface area contributed by atoms with Gasteiger partial charge < -0.3 is 9.84 Å². The second-order valence-corrected chi connectivity index (χ2v) is 3.47. The first kappa shape index (κ1) is 11.2. The Hall–Kier alpha value is -0.890. The van der Waals surface area contributed by atoms with Crippen molar-refractivity contribution in [3.8, 4) is 11.5 Å². The second-order valence-electron chi connectivity index (χ2n) is 3.10. The summed E-state index contributed by atoms with van der Waals surface area (Å²) in [5.74, 6) is 1.67. The van der Waals surface area contributed by atoms with Crippen molar-refractivity contribution in [2.75, 3.05) is 12.5 Å². The Morgan fingerprint density at radius 1 is 1.21 bits per heavy atom. The lowest BCUT2D eigenvalue weighted by Crippen LogP contribution is -1.97. The molecule has 0 aliphatic carbocycles. The zero-order valence-corrected chi connectivity index (χ0v) is 8.83. The molecule has 0 fully saturated rings. The lowest BCUT2D eigenvalue weighted by Gasteiger charge is -2.05. The molecule has 0 aliphatic heterocycles. The van der Waals surface area contributed by atoms with E-state index in [1.165, 1.54) is 0 Å². The van der Waals surface area contributed by atoms with E-state index in [2.05, 4.69) is 0 Å². The van der Waals surface area contributed by atoms with E-state index in [0.29, 0.717) is 12.5 Å². The number of alkyl halides is 1. The third kappa shape index (κ3) is 4.38. The lowest BCUT2D eigenvalue weighted by atomic mass is 10.2. The molecule has 1 aromatic rings. The Morgan fingerprint density at radius 2 is 2.07 bits per heavy atom. The van der Waals surface area contributed by atoms with Gasteiger partial charge in [0.25, 0.3) is 0 Å². The Balaban J connectivity index is 2.18. The van der Waals surface area contributed by atoms with Crippen LogP contribution in [0.5, 0.6) is 11.5 Å². The second kappa shape index (κ2) is 6.55. The SMILES string of the molecule is Oc1cccc(OCCCCCCl)c1. The first-order valence-electron chi connectivity index (χ1n) is 4.81. The van der Waals surface area contributed by atoms with Crippen molar-refractivity contribution < 1.29 is 9.84 Å². The summed E-state index contributed by atoms with van der Waals surface area (Å²) >= 11 is 5.54. The van der Waals surface area contributed by atoms with Crippen LogP contribution in [-0.2, 0) is 0 Å². The van der Waals surface area contributed by atoms with E-state index in [1.807, 2.05) is 6.07 Å². The summed E-state index contributed by atoms with van der Waals surface area (Å²) in [6.07, 6.45) is 3.12. The molecule has 0 aromatic heterocycles. The number of phenolic OH excluding ortho intramolecular Hbond substituents is 1. The van der Waals surface area contributed by atoms with Gasteiger partial charge in [0.1, 0.15) is 11.5 Å². The number of hydrogen-bond acceptors (Lipinski definition) is 2. The standard InChI is InChI=1S/C11H15ClO2/c12-7-2-1-3-8-14-11-6-4-5-10(13)9-11/h4-6,9,13H,1-3,7-8H2. The maximum Gasteiger partial charge on any atom is 0.122 e. The molecule has 0 unspecified atom stereocenters. The number of rotatable bonds is 6. The maximum absolute atomic E-state index is 9.16. The summed E-state index contributed by atoms with van der Waals surface area (Å²) in [5.41, 5.74) is 0.